The molecule has 0 aliphatic heterocycles. The Morgan fingerprint density at radius 1 is 0.958 bits per heavy atom. The summed E-state index contributed by atoms with van der Waals surface area (Å²) >= 11 is 6.11. The summed E-state index contributed by atoms with van der Waals surface area (Å²) < 4.78 is 10.8. The molecule has 0 spiro atoms. The highest BCUT2D eigenvalue weighted by molar-refractivity contribution is 6.30. The lowest BCUT2D eigenvalue weighted by molar-refractivity contribution is -0.134. The van der Waals surface area contributed by atoms with Gasteiger partial charge in [0.2, 0.25) is 0 Å². The number of carbonyl (C=O) groups is 1. The van der Waals surface area contributed by atoms with Crippen molar-refractivity contribution in [3.05, 3.63) is 48.5 Å². The van der Waals surface area contributed by atoms with E-state index in [1.165, 1.54) is 0 Å². The monoisotopic (exact) mass is 346 g/mol. The summed E-state index contributed by atoms with van der Waals surface area (Å²) in [7, 11) is 0. The lowest BCUT2D eigenvalue weighted by Gasteiger charge is -2.15. The first-order chi connectivity index (χ1) is 11.5. The SMILES string of the molecule is CCOc1ccc(-c2ccc(OC(=O)C(Cl)C(C)CC)cc2)cc1. The van der Waals surface area contributed by atoms with Crippen LogP contribution in [0.5, 0.6) is 11.5 Å². The predicted octanol–water partition coefficient (Wildman–Crippen LogP) is 5.31. The third kappa shape index (κ3) is 4.75. The van der Waals surface area contributed by atoms with E-state index in [0.29, 0.717) is 12.4 Å². The molecular weight excluding hydrogens is 324 g/mol. The molecule has 0 aromatic heterocycles. The minimum absolute atomic E-state index is 0.0855. The Labute approximate surface area is 148 Å². The molecule has 0 N–H and O–H groups in total. The standard InChI is InChI=1S/C20H23ClO3/c1-4-14(3)19(21)20(22)24-18-12-8-16(9-13-18)15-6-10-17(11-7-15)23-5-2/h6-14,19H,4-5H2,1-3H3. The van der Waals surface area contributed by atoms with Gasteiger partial charge in [-0.2, -0.15) is 0 Å². The number of rotatable bonds is 7. The van der Waals surface area contributed by atoms with E-state index in [0.717, 1.165) is 23.3 Å². The molecule has 0 saturated heterocycles. The number of hydrogen-bond acceptors (Lipinski definition) is 3. The lowest BCUT2D eigenvalue weighted by atomic mass is 10.0. The van der Waals surface area contributed by atoms with E-state index in [1.54, 1.807) is 12.1 Å². The van der Waals surface area contributed by atoms with Crippen molar-refractivity contribution < 1.29 is 14.3 Å². The van der Waals surface area contributed by atoms with Gasteiger partial charge in [-0.15, -0.1) is 11.6 Å². The zero-order valence-corrected chi connectivity index (χ0v) is 15.0. The van der Waals surface area contributed by atoms with Crippen molar-refractivity contribution in [2.24, 2.45) is 5.92 Å². The molecule has 2 rings (SSSR count). The van der Waals surface area contributed by atoms with Crippen LogP contribution in [-0.4, -0.2) is 18.0 Å². The number of ether oxygens (including phenoxy) is 2. The number of benzene rings is 2. The molecule has 0 aliphatic carbocycles. The molecule has 4 heteroatoms. The maximum Gasteiger partial charge on any atom is 0.329 e. The highest BCUT2D eigenvalue weighted by Gasteiger charge is 2.23. The summed E-state index contributed by atoms with van der Waals surface area (Å²) in [5, 5.41) is -0.624. The summed E-state index contributed by atoms with van der Waals surface area (Å²) in [6, 6.07) is 15.3. The summed E-state index contributed by atoms with van der Waals surface area (Å²) in [6.45, 7) is 6.55. The molecule has 0 bridgehead atoms. The van der Waals surface area contributed by atoms with Gasteiger partial charge in [0.1, 0.15) is 16.9 Å². The van der Waals surface area contributed by atoms with E-state index >= 15 is 0 Å². The second kappa shape index (κ2) is 8.74. The minimum Gasteiger partial charge on any atom is -0.494 e. The van der Waals surface area contributed by atoms with E-state index in [9.17, 15) is 4.79 Å². The van der Waals surface area contributed by atoms with Crippen LogP contribution in [0, 0.1) is 5.92 Å². The Morgan fingerprint density at radius 2 is 1.46 bits per heavy atom. The van der Waals surface area contributed by atoms with Gasteiger partial charge >= 0.3 is 5.97 Å². The summed E-state index contributed by atoms with van der Waals surface area (Å²) in [4.78, 5) is 12.0. The summed E-state index contributed by atoms with van der Waals surface area (Å²) in [5.41, 5.74) is 2.12. The van der Waals surface area contributed by atoms with Crippen LogP contribution in [0.2, 0.25) is 0 Å². The third-order valence-corrected chi connectivity index (χ3v) is 4.55. The molecule has 3 nitrogen and oxygen atoms in total. The van der Waals surface area contributed by atoms with Crippen LogP contribution in [0.1, 0.15) is 27.2 Å². The number of esters is 1. The van der Waals surface area contributed by atoms with Crippen LogP contribution < -0.4 is 9.47 Å². The van der Waals surface area contributed by atoms with Crippen molar-refractivity contribution in [3.63, 3.8) is 0 Å². The second-order valence-corrected chi connectivity index (χ2v) is 6.16. The molecule has 0 heterocycles. The molecule has 128 valence electrons. The number of hydrogen-bond donors (Lipinski definition) is 0. The maximum atomic E-state index is 12.0. The number of alkyl halides is 1. The van der Waals surface area contributed by atoms with Gasteiger partial charge in [0.15, 0.2) is 0 Å². The minimum atomic E-state index is -0.624. The van der Waals surface area contributed by atoms with E-state index in [1.807, 2.05) is 57.2 Å². The molecule has 2 aromatic carbocycles. The zero-order valence-electron chi connectivity index (χ0n) is 14.3. The van der Waals surface area contributed by atoms with Crippen LogP contribution in [0.25, 0.3) is 11.1 Å². The van der Waals surface area contributed by atoms with Gasteiger partial charge in [-0.1, -0.05) is 44.5 Å². The fourth-order valence-electron chi connectivity index (χ4n) is 2.24. The quantitative estimate of drug-likeness (QED) is 0.387. The first-order valence-electron chi connectivity index (χ1n) is 8.24. The van der Waals surface area contributed by atoms with Crippen molar-refractivity contribution in [1.29, 1.82) is 0 Å². The maximum absolute atomic E-state index is 12.0. The van der Waals surface area contributed by atoms with Crippen molar-refractivity contribution in [2.75, 3.05) is 6.61 Å². The Morgan fingerprint density at radius 3 is 1.92 bits per heavy atom. The van der Waals surface area contributed by atoms with E-state index in [-0.39, 0.29) is 5.92 Å². The Hall–Kier alpha value is -2.00. The van der Waals surface area contributed by atoms with Crippen LogP contribution >= 0.6 is 11.6 Å². The van der Waals surface area contributed by atoms with E-state index in [2.05, 4.69) is 0 Å². The summed E-state index contributed by atoms with van der Waals surface area (Å²) in [5.74, 6) is 1.04. The number of carbonyl (C=O) groups excluding carboxylic acids is 1. The van der Waals surface area contributed by atoms with Crippen molar-refractivity contribution in [3.8, 4) is 22.6 Å². The van der Waals surface area contributed by atoms with Gasteiger partial charge < -0.3 is 9.47 Å². The lowest BCUT2D eigenvalue weighted by Crippen LogP contribution is -2.26. The molecule has 0 fully saturated rings. The molecule has 0 aliphatic rings. The Bertz CT molecular complexity index is 650. The Kier molecular flexibility index (Phi) is 6.68. The first kappa shape index (κ1) is 18.3. The van der Waals surface area contributed by atoms with Crippen LogP contribution in [-0.2, 0) is 4.79 Å². The van der Waals surface area contributed by atoms with Gasteiger partial charge in [0.25, 0.3) is 0 Å². The average molecular weight is 347 g/mol. The van der Waals surface area contributed by atoms with Crippen molar-refractivity contribution in [2.45, 2.75) is 32.6 Å². The topological polar surface area (TPSA) is 35.5 Å². The summed E-state index contributed by atoms with van der Waals surface area (Å²) in [6.07, 6.45) is 0.833. The highest BCUT2D eigenvalue weighted by atomic mass is 35.5. The van der Waals surface area contributed by atoms with Crippen LogP contribution in [0.4, 0.5) is 0 Å². The Balaban J connectivity index is 2.03. The average Bonchev–Trinajstić information content (AvgIpc) is 2.62. The smallest absolute Gasteiger partial charge is 0.329 e. The van der Waals surface area contributed by atoms with Gasteiger partial charge in [-0.3, -0.25) is 4.79 Å². The molecule has 24 heavy (non-hydrogen) atoms. The van der Waals surface area contributed by atoms with Crippen molar-refractivity contribution in [1.82, 2.24) is 0 Å². The highest BCUT2D eigenvalue weighted by Crippen LogP contribution is 2.25. The molecule has 0 saturated carbocycles. The van der Waals surface area contributed by atoms with Gasteiger partial charge in [-0.05, 0) is 48.2 Å². The van der Waals surface area contributed by atoms with Gasteiger partial charge in [0.05, 0.1) is 6.61 Å². The molecule has 2 unspecified atom stereocenters. The van der Waals surface area contributed by atoms with Crippen LogP contribution in [0.3, 0.4) is 0 Å². The predicted molar refractivity (Wildman–Crippen MR) is 97.8 cm³/mol. The molecule has 2 aromatic rings. The molecule has 0 amide bonds. The molecular formula is C20H23ClO3. The fourth-order valence-corrected chi connectivity index (χ4v) is 2.46. The number of halogens is 1. The van der Waals surface area contributed by atoms with E-state index < -0.39 is 11.3 Å². The third-order valence-electron chi connectivity index (χ3n) is 3.94. The van der Waals surface area contributed by atoms with E-state index in [4.69, 9.17) is 21.1 Å². The van der Waals surface area contributed by atoms with Gasteiger partial charge in [-0.25, -0.2) is 0 Å². The normalized spacial score (nSPS) is 13.2. The second-order valence-electron chi connectivity index (χ2n) is 5.69. The van der Waals surface area contributed by atoms with Crippen LogP contribution in [0.15, 0.2) is 48.5 Å². The largest absolute Gasteiger partial charge is 0.494 e. The van der Waals surface area contributed by atoms with Crippen molar-refractivity contribution >= 4 is 17.6 Å². The molecule has 2 atom stereocenters. The van der Waals surface area contributed by atoms with Gasteiger partial charge in [0, 0.05) is 0 Å². The fraction of sp³-hybridized carbons (Fsp3) is 0.350. The zero-order chi connectivity index (χ0) is 17.5. The first-order valence-corrected chi connectivity index (χ1v) is 8.67. The molecule has 0 radical (unpaired) electrons.